The van der Waals surface area contributed by atoms with Gasteiger partial charge in [-0.1, -0.05) is 30.3 Å². The molecule has 0 radical (unpaired) electrons. The second kappa shape index (κ2) is 7.28. The third-order valence-corrected chi connectivity index (χ3v) is 4.13. The number of nitrogens with one attached hydrogen (secondary N) is 1. The number of carboxylic acid groups (broad SMARTS) is 1. The van der Waals surface area contributed by atoms with E-state index in [0.717, 1.165) is 4.68 Å². The summed E-state index contributed by atoms with van der Waals surface area (Å²) in [5, 5.41) is 18.3. The molecule has 27 heavy (non-hydrogen) atoms. The molecule has 1 amide bonds. The van der Waals surface area contributed by atoms with Crippen LogP contribution in [0.2, 0.25) is 0 Å². The van der Waals surface area contributed by atoms with Gasteiger partial charge in [0, 0.05) is 5.39 Å². The van der Waals surface area contributed by atoms with E-state index in [0.29, 0.717) is 11.4 Å². The zero-order valence-corrected chi connectivity index (χ0v) is 14.6. The highest BCUT2D eigenvalue weighted by molar-refractivity contribution is 6.00. The predicted molar refractivity (Wildman–Crippen MR) is 96.7 cm³/mol. The van der Waals surface area contributed by atoms with E-state index < -0.39 is 29.2 Å². The van der Waals surface area contributed by atoms with E-state index in [9.17, 15) is 19.5 Å². The fraction of sp³-hybridized carbons (Fsp3) is 0.158. The number of amides is 1. The fourth-order valence-corrected chi connectivity index (χ4v) is 2.72. The molecule has 138 valence electrons. The maximum absolute atomic E-state index is 12.7. The molecule has 1 atom stereocenters. The Kier molecular flexibility index (Phi) is 4.89. The Labute approximate surface area is 154 Å². The number of ether oxygens (including phenoxy) is 1. The first kappa shape index (κ1) is 18.1. The number of fused-ring (bicyclic) bond motifs is 1. The minimum Gasteiger partial charge on any atom is -0.543 e. The van der Waals surface area contributed by atoms with Crippen LogP contribution in [-0.2, 0) is 4.79 Å². The Morgan fingerprint density at radius 3 is 2.41 bits per heavy atom. The first-order chi connectivity index (χ1) is 12.9. The highest BCUT2D eigenvalue weighted by atomic mass is 16.5. The summed E-state index contributed by atoms with van der Waals surface area (Å²) >= 11 is 0. The third-order valence-electron chi connectivity index (χ3n) is 4.13. The van der Waals surface area contributed by atoms with E-state index >= 15 is 0 Å². The van der Waals surface area contributed by atoms with Crippen molar-refractivity contribution in [2.24, 2.45) is 0 Å². The molecule has 3 aromatic rings. The summed E-state index contributed by atoms with van der Waals surface area (Å²) in [6.07, 6.45) is 0. The zero-order valence-electron chi connectivity index (χ0n) is 14.6. The molecule has 0 aliphatic heterocycles. The van der Waals surface area contributed by atoms with Crippen molar-refractivity contribution in [3.05, 3.63) is 64.6 Å². The molecule has 2 aromatic carbocycles. The Morgan fingerprint density at radius 2 is 1.74 bits per heavy atom. The lowest BCUT2D eigenvalue weighted by atomic mass is 10.1. The summed E-state index contributed by atoms with van der Waals surface area (Å²) in [4.78, 5) is 36.8. The van der Waals surface area contributed by atoms with Crippen LogP contribution in [0.5, 0.6) is 5.75 Å². The van der Waals surface area contributed by atoms with Crippen molar-refractivity contribution in [3.63, 3.8) is 0 Å². The minimum atomic E-state index is -1.53. The maximum Gasteiger partial charge on any atom is 0.275 e. The van der Waals surface area contributed by atoms with Crippen molar-refractivity contribution in [1.82, 2.24) is 9.78 Å². The van der Waals surface area contributed by atoms with Crippen LogP contribution in [-0.4, -0.2) is 28.8 Å². The van der Waals surface area contributed by atoms with Gasteiger partial charge in [-0.2, -0.15) is 5.10 Å². The Balaban J connectivity index is 2.04. The number of methoxy groups -OCH3 is 1. The normalized spacial score (nSPS) is 11.8. The average Bonchev–Trinajstić information content (AvgIpc) is 2.68. The second-order valence-corrected chi connectivity index (χ2v) is 5.80. The summed E-state index contributed by atoms with van der Waals surface area (Å²) in [7, 11) is 1.47. The summed E-state index contributed by atoms with van der Waals surface area (Å²) < 4.78 is 6.02. The van der Waals surface area contributed by atoms with Crippen molar-refractivity contribution < 1.29 is 19.4 Å². The number of hydrogen-bond donors (Lipinski definition) is 1. The fourth-order valence-electron chi connectivity index (χ4n) is 2.72. The van der Waals surface area contributed by atoms with Crippen molar-refractivity contribution in [2.75, 3.05) is 12.4 Å². The van der Waals surface area contributed by atoms with Crippen LogP contribution in [0.4, 0.5) is 5.69 Å². The Hall–Kier alpha value is -3.68. The molecule has 0 saturated heterocycles. The van der Waals surface area contributed by atoms with Crippen LogP contribution in [0.25, 0.3) is 10.8 Å². The largest absolute Gasteiger partial charge is 0.543 e. The number of rotatable bonds is 5. The SMILES string of the molecule is COc1ccccc1NC(=O)[C@H](C)n1nc(C(=O)[O-])c2ccccc2c1=O. The zero-order chi connectivity index (χ0) is 19.6. The smallest absolute Gasteiger partial charge is 0.275 e. The molecular weight excluding hydrogens is 350 g/mol. The van der Waals surface area contributed by atoms with Gasteiger partial charge in [-0.05, 0) is 25.1 Å². The number of para-hydroxylation sites is 2. The molecule has 0 saturated carbocycles. The average molecular weight is 366 g/mol. The lowest BCUT2D eigenvalue weighted by molar-refractivity contribution is -0.255. The minimum absolute atomic E-state index is 0.142. The number of aromatic nitrogens is 2. The molecule has 1 heterocycles. The molecule has 0 bridgehead atoms. The van der Waals surface area contributed by atoms with E-state index in [1.165, 1.54) is 26.2 Å². The van der Waals surface area contributed by atoms with E-state index in [4.69, 9.17) is 4.74 Å². The molecule has 0 spiro atoms. The van der Waals surface area contributed by atoms with Gasteiger partial charge in [0.25, 0.3) is 5.56 Å². The molecule has 3 rings (SSSR count). The molecule has 0 aliphatic carbocycles. The van der Waals surface area contributed by atoms with Crippen molar-refractivity contribution in [2.45, 2.75) is 13.0 Å². The topological polar surface area (TPSA) is 113 Å². The molecule has 1 N–H and O–H groups in total. The molecule has 1 aromatic heterocycles. The van der Waals surface area contributed by atoms with Crippen molar-refractivity contribution in [1.29, 1.82) is 0 Å². The number of nitrogens with zero attached hydrogens (tertiary/aromatic N) is 2. The van der Waals surface area contributed by atoms with Gasteiger partial charge in [0.15, 0.2) is 0 Å². The highest BCUT2D eigenvalue weighted by Crippen LogP contribution is 2.24. The summed E-state index contributed by atoms with van der Waals surface area (Å²) in [5.74, 6) is -1.63. The molecule has 8 heteroatoms. The molecule has 8 nitrogen and oxygen atoms in total. The van der Waals surface area contributed by atoms with Crippen LogP contribution in [0, 0.1) is 0 Å². The number of carboxylic acids is 1. The van der Waals surface area contributed by atoms with E-state index in [-0.39, 0.29) is 10.8 Å². The summed E-state index contributed by atoms with van der Waals surface area (Å²) in [6, 6.07) is 11.9. The van der Waals surface area contributed by atoms with Crippen LogP contribution >= 0.6 is 0 Å². The third kappa shape index (κ3) is 3.37. The number of carbonyl (C=O) groups excluding carboxylic acids is 2. The number of hydrogen-bond acceptors (Lipinski definition) is 6. The van der Waals surface area contributed by atoms with E-state index in [1.807, 2.05) is 0 Å². The van der Waals surface area contributed by atoms with Gasteiger partial charge >= 0.3 is 0 Å². The summed E-state index contributed by atoms with van der Waals surface area (Å²) in [5.41, 5.74) is -0.550. The van der Waals surface area contributed by atoms with Gasteiger partial charge in [0.05, 0.1) is 24.2 Å². The monoisotopic (exact) mass is 366 g/mol. The van der Waals surface area contributed by atoms with Crippen molar-refractivity contribution in [3.8, 4) is 5.75 Å². The number of benzene rings is 2. The lowest BCUT2D eigenvalue weighted by Crippen LogP contribution is -2.36. The summed E-state index contributed by atoms with van der Waals surface area (Å²) in [6.45, 7) is 1.45. The van der Waals surface area contributed by atoms with Gasteiger partial charge in [0.2, 0.25) is 5.91 Å². The number of aromatic carboxylic acids is 1. The Morgan fingerprint density at radius 1 is 1.11 bits per heavy atom. The Bertz CT molecular complexity index is 1090. The standard InChI is InChI=1S/C19H17N3O5/c1-11(17(23)20-14-9-5-6-10-15(14)27-2)22-18(24)13-8-4-3-7-12(13)16(21-22)19(25)26/h3-11H,1-2H3,(H,20,23)(H,25,26)/p-1/t11-/m0/s1. The van der Waals surface area contributed by atoms with Gasteiger partial charge in [-0.25, -0.2) is 4.68 Å². The second-order valence-electron chi connectivity index (χ2n) is 5.80. The van der Waals surface area contributed by atoms with Gasteiger partial charge in [-0.15, -0.1) is 0 Å². The van der Waals surface area contributed by atoms with Gasteiger partial charge in [-0.3, -0.25) is 9.59 Å². The van der Waals surface area contributed by atoms with E-state index in [2.05, 4.69) is 10.4 Å². The quantitative estimate of drug-likeness (QED) is 0.720. The lowest BCUT2D eigenvalue weighted by Gasteiger charge is -2.17. The van der Waals surface area contributed by atoms with Gasteiger partial charge < -0.3 is 20.0 Å². The predicted octanol–water partition coefficient (Wildman–Crippen LogP) is 0.968. The highest BCUT2D eigenvalue weighted by Gasteiger charge is 2.21. The number of anilines is 1. The first-order valence-corrected chi connectivity index (χ1v) is 8.11. The van der Waals surface area contributed by atoms with Gasteiger partial charge in [0.1, 0.15) is 17.5 Å². The van der Waals surface area contributed by atoms with Crippen LogP contribution in [0.15, 0.2) is 53.3 Å². The maximum atomic E-state index is 12.7. The van der Waals surface area contributed by atoms with Crippen molar-refractivity contribution >= 4 is 28.3 Å². The van der Waals surface area contributed by atoms with E-state index in [1.54, 1.807) is 36.4 Å². The molecule has 0 fully saturated rings. The number of carbonyl (C=O) groups is 2. The van der Waals surface area contributed by atoms with Crippen LogP contribution < -0.4 is 20.7 Å². The van der Waals surface area contributed by atoms with Crippen LogP contribution in [0.1, 0.15) is 23.5 Å². The first-order valence-electron chi connectivity index (χ1n) is 8.11. The molecule has 0 aliphatic rings. The van der Waals surface area contributed by atoms with Crippen LogP contribution in [0.3, 0.4) is 0 Å². The molecule has 0 unspecified atom stereocenters. The molecular formula is C19H16N3O5-.